The molecule has 9 heteroatoms. The molecule has 3 rings (SSSR count). The maximum atomic E-state index is 12.3. The lowest BCUT2D eigenvalue weighted by atomic mass is 10.2. The number of alkyl halides is 3. The van der Waals surface area contributed by atoms with Gasteiger partial charge in [-0.25, -0.2) is 0 Å². The van der Waals surface area contributed by atoms with Crippen LogP contribution in [0.1, 0.15) is 12.1 Å². The van der Waals surface area contributed by atoms with Crippen LogP contribution in [0.3, 0.4) is 0 Å². The fourth-order valence-electron chi connectivity index (χ4n) is 2.76. The summed E-state index contributed by atoms with van der Waals surface area (Å²) in [6, 6.07) is 6.33. The summed E-state index contributed by atoms with van der Waals surface area (Å²) >= 11 is 0. The predicted molar refractivity (Wildman–Crippen MR) is 81.6 cm³/mol. The van der Waals surface area contributed by atoms with Gasteiger partial charge in [0.25, 0.3) is 0 Å². The van der Waals surface area contributed by atoms with Gasteiger partial charge in [0.15, 0.2) is 0 Å². The first kappa shape index (κ1) is 16.6. The summed E-state index contributed by atoms with van der Waals surface area (Å²) in [5.74, 6) is -0.197. The van der Waals surface area contributed by atoms with E-state index in [1.165, 1.54) is 12.1 Å². The zero-order valence-electron chi connectivity index (χ0n) is 13.1. The van der Waals surface area contributed by atoms with Crippen molar-refractivity contribution in [2.75, 3.05) is 18.0 Å². The minimum atomic E-state index is -4.68. The molecule has 1 unspecified atom stereocenters. The average molecular weight is 341 g/mol. The number of anilines is 1. The molecule has 1 atom stereocenters. The molecule has 1 aliphatic rings. The molecule has 1 saturated heterocycles. The highest BCUT2D eigenvalue weighted by molar-refractivity contribution is 5.51. The number of rotatable bonds is 5. The van der Waals surface area contributed by atoms with Crippen LogP contribution in [-0.2, 0) is 13.6 Å². The van der Waals surface area contributed by atoms with Crippen LogP contribution in [0, 0.1) is 0 Å². The van der Waals surface area contributed by atoms with Gasteiger partial charge in [0.05, 0.1) is 11.9 Å². The van der Waals surface area contributed by atoms with Crippen LogP contribution in [0.5, 0.6) is 5.75 Å². The number of benzene rings is 1. The van der Waals surface area contributed by atoms with E-state index in [1.807, 2.05) is 11.9 Å². The Morgan fingerprint density at radius 1 is 1.38 bits per heavy atom. The van der Waals surface area contributed by atoms with Gasteiger partial charge in [0, 0.05) is 44.5 Å². The Morgan fingerprint density at radius 2 is 2.21 bits per heavy atom. The molecule has 0 bridgehead atoms. The molecule has 1 aliphatic heterocycles. The minimum absolute atomic E-state index is 0.197. The van der Waals surface area contributed by atoms with Crippen LogP contribution in [0.4, 0.5) is 18.9 Å². The van der Waals surface area contributed by atoms with Gasteiger partial charge in [-0.3, -0.25) is 4.68 Å². The van der Waals surface area contributed by atoms with Crippen molar-refractivity contribution < 1.29 is 17.9 Å². The summed E-state index contributed by atoms with van der Waals surface area (Å²) in [4.78, 5) is 2.04. The van der Waals surface area contributed by atoms with E-state index in [4.69, 9.17) is 0 Å². The molecule has 24 heavy (non-hydrogen) atoms. The second-order valence-electron chi connectivity index (χ2n) is 5.71. The molecule has 6 nitrogen and oxygen atoms in total. The van der Waals surface area contributed by atoms with Crippen molar-refractivity contribution in [3.63, 3.8) is 0 Å². The highest BCUT2D eigenvalue weighted by atomic mass is 19.4. The topological polar surface area (TPSA) is 55.2 Å². The average Bonchev–Trinajstić information content (AvgIpc) is 3.12. The fourth-order valence-corrected chi connectivity index (χ4v) is 2.76. The van der Waals surface area contributed by atoms with E-state index in [2.05, 4.69) is 20.4 Å². The molecule has 1 fully saturated rings. The maximum absolute atomic E-state index is 12.3. The fraction of sp³-hybridized carbons (Fsp3) is 0.467. The van der Waals surface area contributed by atoms with Gasteiger partial charge in [-0.05, 0) is 18.6 Å². The molecule has 2 aromatic rings. The van der Waals surface area contributed by atoms with E-state index in [1.54, 1.807) is 23.0 Å². The lowest BCUT2D eigenvalue weighted by Crippen LogP contribution is -2.32. The van der Waals surface area contributed by atoms with Crippen LogP contribution in [0.15, 0.2) is 30.5 Å². The van der Waals surface area contributed by atoms with E-state index < -0.39 is 6.36 Å². The van der Waals surface area contributed by atoms with Crippen LogP contribution in [0.2, 0.25) is 0 Å². The monoisotopic (exact) mass is 341 g/mol. The third-order valence-corrected chi connectivity index (χ3v) is 3.98. The summed E-state index contributed by atoms with van der Waals surface area (Å²) < 4.78 is 42.7. The molecule has 1 aromatic heterocycles. The number of nitrogens with one attached hydrogen (secondary N) is 1. The van der Waals surface area contributed by atoms with Gasteiger partial charge in [-0.15, -0.1) is 18.3 Å². The number of aromatic nitrogens is 3. The largest absolute Gasteiger partial charge is 0.573 e. The molecular weight excluding hydrogens is 323 g/mol. The highest BCUT2D eigenvalue weighted by Gasteiger charge is 2.31. The molecule has 0 spiro atoms. The van der Waals surface area contributed by atoms with Crippen molar-refractivity contribution in [1.29, 1.82) is 0 Å². The first-order valence-electron chi connectivity index (χ1n) is 7.58. The smallest absolute Gasteiger partial charge is 0.406 e. The Bertz CT molecular complexity index is 688. The van der Waals surface area contributed by atoms with E-state index >= 15 is 0 Å². The number of nitrogens with zero attached hydrogens (tertiary/aromatic N) is 4. The Hall–Kier alpha value is -2.29. The first-order valence-corrected chi connectivity index (χ1v) is 7.58. The summed E-state index contributed by atoms with van der Waals surface area (Å²) in [6.07, 6.45) is -2.06. The Balaban J connectivity index is 1.57. The highest BCUT2D eigenvalue weighted by Crippen LogP contribution is 2.28. The summed E-state index contributed by atoms with van der Waals surface area (Å²) in [6.45, 7) is 2.15. The van der Waals surface area contributed by atoms with Crippen molar-refractivity contribution in [2.24, 2.45) is 7.05 Å². The van der Waals surface area contributed by atoms with E-state index in [-0.39, 0.29) is 11.8 Å². The summed E-state index contributed by atoms with van der Waals surface area (Å²) in [5, 5.41) is 11.1. The van der Waals surface area contributed by atoms with E-state index in [0.717, 1.165) is 30.9 Å². The first-order chi connectivity index (χ1) is 11.4. The second kappa shape index (κ2) is 6.68. The maximum Gasteiger partial charge on any atom is 0.573 e. The zero-order chi connectivity index (χ0) is 17.2. The number of hydrogen-bond acceptors (Lipinski definition) is 5. The van der Waals surface area contributed by atoms with Crippen LogP contribution >= 0.6 is 0 Å². The molecule has 130 valence electrons. The van der Waals surface area contributed by atoms with Gasteiger partial charge in [0.1, 0.15) is 5.75 Å². The van der Waals surface area contributed by atoms with Crippen molar-refractivity contribution in [3.8, 4) is 5.75 Å². The standard InChI is InChI=1S/C15H18F3N5O/c1-22-13(9-20-21-22)8-19-11-5-6-23(10-11)12-3-2-4-14(7-12)24-15(16,17)18/h2-4,7,9,11,19H,5-6,8,10H2,1H3. The summed E-state index contributed by atoms with van der Waals surface area (Å²) in [7, 11) is 1.83. The minimum Gasteiger partial charge on any atom is -0.406 e. The van der Waals surface area contributed by atoms with Crippen molar-refractivity contribution in [3.05, 3.63) is 36.2 Å². The van der Waals surface area contributed by atoms with Crippen LogP contribution in [0.25, 0.3) is 0 Å². The predicted octanol–water partition coefficient (Wildman–Crippen LogP) is 2.08. The molecule has 0 aliphatic carbocycles. The normalized spacial score (nSPS) is 18.2. The third-order valence-electron chi connectivity index (χ3n) is 3.98. The number of aryl methyl sites for hydroxylation is 1. The van der Waals surface area contributed by atoms with Gasteiger partial charge in [0.2, 0.25) is 0 Å². The van der Waals surface area contributed by atoms with Gasteiger partial charge in [-0.1, -0.05) is 11.3 Å². The van der Waals surface area contributed by atoms with Crippen molar-refractivity contribution in [2.45, 2.75) is 25.4 Å². The van der Waals surface area contributed by atoms with E-state index in [9.17, 15) is 13.2 Å². The second-order valence-corrected chi connectivity index (χ2v) is 5.71. The Kier molecular flexibility index (Phi) is 4.61. The zero-order valence-corrected chi connectivity index (χ0v) is 13.1. The Labute approximate surface area is 137 Å². The number of hydrogen-bond donors (Lipinski definition) is 1. The molecule has 0 radical (unpaired) electrons. The van der Waals surface area contributed by atoms with Gasteiger partial charge < -0.3 is 15.0 Å². The van der Waals surface area contributed by atoms with E-state index in [0.29, 0.717) is 6.54 Å². The molecular formula is C15H18F3N5O. The SMILES string of the molecule is Cn1nncc1CNC1CCN(c2cccc(OC(F)(F)F)c2)C1. The quantitative estimate of drug-likeness (QED) is 0.902. The van der Waals surface area contributed by atoms with Gasteiger partial charge in [-0.2, -0.15) is 0 Å². The van der Waals surface area contributed by atoms with Crippen molar-refractivity contribution in [1.82, 2.24) is 20.3 Å². The number of halogens is 3. The molecule has 1 aromatic carbocycles. The summed E-state index contributed by atoms with van der Waals surface area (Å²) in [5.41, 5.74) is 1.71. The lowest BCUT2D eigenvalue weighted by molar-refractivity contribution is -0.274. The molecule has 1 N–H and O–H groups in total. The molecule has 2 heterocycles. The van der Waals surface area contributed by atoms with Gasteiger partial charge >= 0.3 is 6.36 Å². The third kappa shape index (κ3) is 4.16. The van der Waals surface area contributed by atoms with Crippen LogP contribution in [-0.4, -0.2) is 40.5 Å². The lowest BCUT2D eigenvalue weighted by Gasteiger charge is -2.20. The number of ether oxygens (including phenoxy) is 1. The van der Waals surface area contributed by atoms with Crippen molar-refractivity contribution >= 4 is 5.69 Å². The Morgan fingerprint density at radius 3 is 2.92 bits per heavy atom. The van der Waals surface area contributed by atoms with Crippen LogP contribution < -0.4 is 15.0 Å². The molecule has 0 saturated carbocycles. The molecule has 0 amide bonds.